The molecule has 0 saturated carbocycles. The lowest BCUT2D eigenvalue weighted by atomic mass is 10.2. The van der Waals surface area contributed by atoms with E-state index in [2.05, 4.69) is 4.74 Å². The summed E-state index contributed by atoms with van der Waals surface area (Å²) in [4.78, 5) is 21.5. The van der Waals surface area contributed by atoms with Crippen molar-refractivity contribution in [2.75, 3.05) is 18.6 Å². The first-order valence-electron chi connectivity index (χ1n) is 4.48. The predicted octanol–water partition coefficient (Wildman–Crippen LogP) is 1.48. The molecule has 0 aliphatic heterocycles. The summed E-state index contributed by atoms with van der Waals surface area (Å²) in [5.74, 6) is -0.862. The van der Waals surface area contributed by atoms with Crippen molar-refractivity contribution in [1.29, 1.82) is 0 Å². The van der Waals surface area contributed by atoms with Crippen molar-refractivity contribution in [2.45, 2.75) is 18.6 Å². The van der Waals surface area contributed by atoms with Crippen LogP contribution in [0.25, 0.3) is 0 Å². The van der Waals surface area contributed by atoms with Crippen LogP contribution < -0.4 is 5.32 Å². The number of aliphatic carboxylic acids is 1. The third-order valence-corrected chi connectivity index (χ3v) is 2.21. The Labute approximate surface area is 99.7 Å². The molecule has 17 heavy (non-hydrogen) atoms. The largest absolute Gasteiger partial charge is 0.480 e. The molecule has 0 bridgehead atoms. The van der Waals surface area contributed by atoms with Crippen LogP contribution >= 0.6 is 11.8 Å². The van der Waals surface area contributed by atoms with Gasteiger partial charge in [0.25, 0.3) is 0 Å². The minimum Gasteiger partial charge on any atom is -0.480 e. The lowest BCUT2D eigenvalue weighted by molar-refractivity contribution is -0.160. The van der Waals surface area contributed by atoms with Crippen molar-refractivity contribution < 1.29 is 32.6 Å². The Hall–Kier alpha value is -1.12. The fourth-order valence-electron chi connectivity index (χ4n) is 0.824. The number of halogens is 3. The number of carbonyl (C=O) groups is 2. The number of carbonyl (C=O) groups excluding carboxylic acids is 1. The van der Waals surface area contributed by atoms with Gasteiger partial charge in [0, 0.05) is 0 Å². The Balaban J connectivity index is 4.08. The highest BCUT2D eigenvalue weighted by molar-refractivity contribution is 7.98. The lowest BCUT2D eigenvalue weighted by Gasteiger charge is -2.14. The predicted molar refractivity (Wildman–Crippen MR) is 55.0 cm³/mol. The zero-order valence-corrected chi connectivity index (χ0v) is 9.73. The minimum atomic E-state index is -4.63. The van der Waals surface area contributed by atoms with Crippen LogP contribution in [0.5, 0.6) is 0 Å². The minimum absolute atomic E-state index is 0.109. The number of alkyl halides is 3. The van der Waals surface area contributed by atoms with E-state index in [1.54, 1.807) is 6.26 Å². The molecular formula is C8H12F3NO4S. The van der Waals surface area contributed by atoms with Crippen LogP contribution in [-0.4, -0.2) is 48.0 Å². The molecule has 5 nitrogen and oxygen atoms in total. The monoisotopic (exact) mass is 275 g/mol. The molecule has 2 N–H and O–H groups in total. The Morgan fingerprint density at radius 1 is 1.47 bits per heavy atom. The van der Waals surface area contributed by atoms with Gasteiger partial charge in [0.2, 0.25) is 0 Å². The standard InChI is InChI=1S/C8H12F3NO4S/c1-17-3-2-5(6(13)14)12-7(15)16-4-8(9,10)11/h5H,2-4H2,1H3,(H,12,15)(H,13,14)/t5-/m0/s1. The molecule has 0 heterocycles. The molecule has 9 heteroatoms. The third kappa shape index (κ3) is 8.66. The van der Waals surface area contributed by atoms with Crippen LogP contribution in [-0.2, 0) is 9.53 Å². The summed E-state index contributed by atoms with van der Waals surface area (Å²) in [6.45, 7) is -1.74. The van der Waals surface area contributed by atoms with Gasteiger partial charge in [0.15, 0.2) is 6.61 Å². The molecule has 0 radical (unpaired) electrons. The zero-order chi connectivity index (χ0) is 13.5. The molecule has 0 unspecified atom stereocenters. The van der Waals surface area contributed by atoms with Crippen LogP contribution in [0.4, 0.5) is 18.0 Å². The normalized spacial score (nSPS) is 12.9. The molecule has 0 aromatic rings. The van der Waals surface area contributed by atoms with E-state index in [-0.39, 0.29) is 6.42 Å². The van der Waals surface area contributed by atoms with Gasteiger partial charge in [-0.1, -0.05) is 0 Å². The Morgan fingerprint density at radius 2 is 2.06 bits per heavy atom. The van der Waals surface area contributed by atoms with Gasteiger partial charge in [-0.25, -0.2) is 9.59 Å². The van der Waals surface area contributed by atoms with Crippen LogP contribution in [0.1, 0.15) is 6.42 Å². The number of rotatable bonds is 6. The SMILES string of the molecule is CSCC[C@H](NC(=O)OCC(F)(F)F)C(=O)O. The van der Waals surface area contributed by atoms with Crippen molar-refractivity contribution in [3.8, 4) is 0 Å². The van der Waals surface area contributed by atoms with E-state index in [1.165, 1.54) is 11.8 Å². The molecule has 0 aromatic carbocycles. The highest BCUT2D eigenvalue weighted by atomic mass is 32.2. The molecule has 0 rings (SSSR count). The second-order valence-electron chi connectivity index (χ2n) is 3.01. The van der Waals surface area contributed by atoms with Crippen molar-refractivity contribution in [2.24, 2.45) is 0 Å². The van der Waals surface area contributed by atoms with Crippen LogP contribution in [0.3, 0.4) is 0 Å². The van der Waals surface area contributed by atoms with Crippen LogP contribution in [0.15, 0.2) is 0 Å². The van der Waals surface area contributed by atoms with E-state index in [0.717, 1.165) is 0 Å². The van der Waals surface area contributed by atoms with Gasteiger partial charge in [-0.15, -0.1) is 0 Å². The van der Waals surface area contributed by atoms with Crippen molar-refractivity contribution in [3.63, 3.8) is 0 Å². The van der Waals surface area contributed by atoms with Crippen LogP contribution in [0.2, 0.25) is 0 Å². The summed E-state index contributed by atoms with van der Waals surface area (Å²) in [6, 6.07) is -1.25. The van der Waals surface area contributed by atoms with Gasteiger partial charge in [0.05, 0.1) is 0 Å². The van der Waals surface area contributed by atoms with Gasteiger partial charge in [0.1, 0.15) is 6.04 Å². The summed E-state index contributed by atoms with van der Waals surface area (Å²) in [5.41, 5.74) is 0. The van der Waals surface area contributed by atoms with Gasteiger partial charge in [-0.2, -0.15) is 24.9 Å². The van der Waals surface area contributed by atoms with E-state index in [9.17, 15) is 22.8 Å². The number of carboxylic acid groups (broad SMARTS) is 1. The average molecular weight is 275 g/mol. The Morgan fingerprint density at radius 3 is 2.47 bits per heavy atom. The second kappa shape index (κ2) is 7.25. The maximum Gasteiger partial charge on any atom is 0.422 e. The van der Waals surface area contributed by atoms with Gasteiger partial charge in [-0.05, 0) is 18.4 Å². The number of carboxylic acids is 1. The van der Waals surface area contributed by atoms with E-state index >= 15 is 0 Å². The number of alkyl carbamates (subject to hydrolysis) is 1. The summed E-state index contributed by atoms with van der Waals surface area (Å²) < 4.78 is 38.9. The summed E-state index contributed by atoms with van der Waals surface area (Å²) >= 11 is 1.36. The highest BCUT2D eigenvalue weighted by Gasteiger charge is 2.30. The van der Waals surface area contributed by atoms with E-state index in [0.29, 0.717) is 5.75 Å². The molecule has 1 atom stereocenters. The number of amides is 1. The first-order chi connectivity index (χ1) is 7.76. The molecule has 0 fully saturated rings. The molecule has 0 saturated heterocycles. The second-order valence-corrected chi connectivity index (χ2v) is 3.99. The fraction of sp³-hybridized carbons (Fsp3) is 0.750. The summed E-state index contributed by atoms with van der Waals surface area (Å²) in [7, 11) is 0. The lowest BCUT2D eigenvalue weighted by Crippen LogP contribution is -2.42. The number of thioether (sulfide) groups is 1. The smallest absolute Gasteiger partial charge is 0.422 e. The van der Waals surface area contributed by atoms with Gasteiger partial charge < -0.3 is 15.2 Å². The summed E-state index contributed by atoms with van der Waals surface area (Å²) in [5, 5.41) is 10.5. The molecular weight excluding hydrogens is 263 g/mol. The summed E-state index contributed by atoms with van der Waals surface area (Å²) in [6.07, 6.45) is -4.18. The highest BCUT2D eigenvalue weighted by Crippen LogP contribution is 2.14. The van der Waals surface area contributed by atoms with Crippen molar-refractivity contribution >= 4 is 23.8 Å². The number of hydrogen-bond acceptors (Lipinski definition) is 4. The van der Waals surface area contributed by atoms with Crippen molar-refractivity contribution in [3.05, 3.63) is 0 Å². The molecule has 0 aromatic heterocycles. The third-order valence-electron chi connectivity index (χ3n) is 1.57. The van der Waals surface area contributed by atoms with Gasteiger partial charge >= 0.3 is 18.2 Å². The van der Waals surface area contributed by atoms with E-state index in [4.69, 9.17) is 5.11 Å². The number of ether oxygens (including phenoxy) is 1. The Kier molecular flexibility index (Phi) is 6.78. The molecule has 0 aliphatic rings. The number of nitrogens with one attached hydrogen (secondary N) is 1. The van der Waals surface area contributed by atoms with Crippen LogP contribution in [0, 0.1) is 0 Å². The zero-order valence-electron chi connectivity index (χ0n) is 8.91. The molecule has 1 amide bonds. The fourth-order valence-corrected chi connectivity index (χ4v) is 1.30. The maximum atomic E-state index is 11.7. The molecule has 0 spiro atoms. The molecule has 0 aliphatic carbocycles. The Bertz CT molecular complexity index is 272. The average Bonchev–Trinajstić information content (AvgIpc) is 2.19. The van der Waals surface area contributed by atoms with Gasteiger partial charge in [-0.3, -0.25) is 0 Å². The topological polar surface area (TPSA) is 75.6 Å². The quantitative estimate of drug-likeness (QED) is 0.768. The first-order valence-corrected chi connectivity index (χ1v) is 5.87. The van der Waals surface area contributed by atoms with E-state index < -0.39 is 30.9 Å². The molecule has 100 valence electrons. The number of hydrogen-bond donors (Lipinski definition) is 2. The first kappa shape index (κ1) is 15.9. The van der Waals surface area contributed by atoms with Crippen molar-refractivity contribution in [1.82, 2.24) is 5.32 Å². The maximum absolute atomic E-state index is 11.7. The van der Waals surface area contributed by atoms with E-state index in [1.807, 2.05) is 5.32 Å².